The van der Waals surface area contributed by atoms with Crippen molar-refractivity contribution in [3.05, 3.63) is 48.5 Å². The molecule has 2 aromatic carbocycles. The highest BCUT2D eigenvalue weighted by Crippen LogP contribution is 2.47. The average Bonchev–Trinajstić information content (AvgIpc) is 2.44. The van der Waals surface area contributed by atoms with Crippen molar-refractivity contribution < 1.29 is 0 Å². The number of fused-ring (bicyclic) bond motifs is 2. The van der Waals surface area contributed by atoms with Crippen LogP contribution in [0.3, 0.4) is 0 Å². The Morgan fingerprint density at radius 2 is 0.682 bits per heavy atom. The summed E-state index contributed by atoms with van der Waals surface area (Å²) >= 11 is 3.72. The molecule has 1 heterocycles. The topological polar surface area (TPSA) is 0 Å². The summed E-state index contributed by atoms with van der Waals surface area (Å²) in [6, 6.07) is 17.1. The predicted octanol–water partition coefficient (Wildman–Crippen LogP) is 7.63. The Morgan fingerprint density at radius 1 is 0.500 bits per heavy atom. The first-order valence-corrected chi connectivity index (χ1v) is 9.57. The Morgan fingerprint density at radius 3 is 0.864 bits per heavy atom. The molecule has 0 spiro atoms. The van der Waals surface area contributed by atoms with E-state index in [1.165, 1.54) is 19.6 Å². The molecule has 1 aliphatic heterocycles. The van der Waals surface area contributed by atoms with E-state index in [1.54, 1.807) is 0 Å². The van der Waals surface area contributed by atoms with E-state index < -0.39 is 0 Å². The third-order valence-electron chi connectivity index (χ3n) is 2.14. The van der Waals surface area contributed by atoms with E-state index in [9.17, 15) is 0 Å². The third-order valence-corrected chi connectivity index (χ3v) is 4.70. The molecule has 2 heteroatoms. The van der Waals surface area contributed by atoms with Crippen molar-refractivity contribution in [1.82, 2.24) is 0 Å². The van der Waals surface area contributed by atoms with Gasteiger partial charge in [-0.25, -0.2) is 0 Å². The van der Waals surface area contributed by atoms with Crippen molar-refractivity contribution in [3.8, 4) is 0 Å². The molecule has 1 aliphatic rings. The monoisotopic (exact) mass is 332 g/mol. The molecule has 0 amide bonds. The molecule has 2 aromatic rings. The van der Waals surface area contributed by atoms with E-state index in [1.807, 2.05) is 23.5 Å². The number of rotatable bonds is 0. The van der Waals surface area contributed by atoms with Crippen LogP contribution in [0.1, 0.15) is 41.5 Å². The van der Waals surface area contributed by atoms with Gasteiger partial charge in [-0.1, -0.05) is 89.3 Å². The summed E-state index contributed by atoms with van der Waals surface area (Å²) in [5.74, 6) is 1.67. The summed E-state index contributed by atoms with van der Waals surface area (Å²) in [4.78, 5) is 5.49. The second-order valence-electron chi connectivity index (χ2n) is 6.56. The van der Waals surface area contributed by atoms with Gasteiger partial charge in [-0.05, 0) is 36.1 Å². The standard InChI is InChI=1S/C12H8S2.2C4H10/c1-2-6-10-9(5-1)13-11-7-3-4-8-12(11)14-10;2*1-4(2)3/h1-8H;2*4H,1-3H3. The van der Waals surface area contributed by atoms with Crippen molar-refractivity contribution in [3.63, 3.8) is 0 Å². The van der Waals surface area contributed by atoms with Crippen LogP contribution < -0.4 is 0 Å². The first-order chi connectivity index (χ1) is 10.4. The second-order valence-corrected chi connectivity index (χ2v) is 8.73. The van der Waals surface area contributed by atoms with E-state index >= 15 is 0 Å². The molecule has 0 unspecified atom stereocenters. The molecular weight excluding hydrogens is 304 g/mol. The van der Waals surface area contributed by atoms with Gasteiger partial charge < -0.3 is 0 Å². The SMILES string of the molecule is CC(C)C.CC(C)C.c1ccc2c(c1)Sc1ccccc1S2. The fourth-order valence-corrected chi connectivity index (χ4v) is 3.71. The minimum Gasteiger partial charge on any atom is -0.0877 e. The molecule has 0 aromatic heterocycles. The second kappa shape index (κ2) is 10.0. The van der Waals surface area contributed by atoms with Crippen LogP contribution in [-0.4, -0.2) is 0 Å². The lowest BCUT2D eigenvalue weighted by Gasteiger charge is -2.17. The minimum atomic E-state index is 0.833. The van der Waals surface area contributed by atoms with Crippen molar-refractivity contribution in [2.75, 3.05) is 0 Å². The molecule has 0 aliphatic carbocycles. The molecule has 0 N–H and O–H groups in total. The Labute approximate surface area is 145 Å². The van der Waals surface area contributed by atoms with Gasteiger partial charge in [0, 0.05) is 19.6 Å². The summed E-state index contributed by atoms with van der Waals surface area (Å²) in [6.45, 7) is 13.0. The summed E-state index contributed by atoms with van der Waals surface area (Å²) in [5, 5.41) is 0. The third kappa shape index (κ3) is 7.42. The van der Waals surface area contributed by atoms with Crippen LogP contribution in [0.2, 0.25) is 0 Å². The lowest BCUT2D eigenvalue weighted by Crippen LogP contribution is -1.87. The summed E-state index contributed by atoms with van der Waals surface area (Å²) in [7, 11) is 0. The van der Waals surface area contributed by atoms with E-state index in [0.29, 0.717) is 0 Å². The van der Waals surface area contributed by atoms with Gasteiger partial charge in [-0.2, -0.15) is 0 Å². The Hall–Kier alpha value is -0.860. The van der Waals surface area contributed by atoms with Crippen LogP contribution in [0.25, 0.3) is 0 Å². The number of hydrogen-bond acceptors (Lipinski definition) is 2. The normalized spacial score (nSPS) is 11.6. The Bertz CT molecular complexity index is 460. The molecule has 22 heavy (non-hydrogen) atoms. The predicted molar refractivity (Wildman–Crippen MR) is 102 cm³/mol. The Kier molecular flexibility index (Phi) is 8.74. The van der Waals surface area contributed by atoms with Crippen molar-refractivity contribution in [1.29, 1.82) is 0 Å². The molecular formula is C20H28S2. The lowest BCUT2D eigenvalue weighted by atomic mass is 10.3. The quantitative estimate of drug-likeness (QED) is 0.415. The minimum absolute atomic E-state index is 0.833. The van der Waals surface area contributed by atoms with Gasteiger partial charge in [0.2, 0.25) is 0 Å². The van der Waals surface area contributed by atoms with Crippen LogP contribution >= 0.6 is 23.5 Å². The van der Waals surface area contributed by atoms with Gasteiger partial charge in [-0.3, -0.25) is 0 Å². The highest BCUT2D eigenvalue weighted by molar-refractivity contribution is 8.05. The summed E-state index contributed by atoms with van der Waals surface area (Å²) in [6.07, 6.45) is 0. The maximum absolute atomic E-state index is 2.18. The van der Waals surface area contributed by atoms with Crippen LogP contribution in [0.5, 0.6) is 0 Å². The molecule has 0 fully saturated rings. The zero-order valence-corrected chi connectivity index (χ0v) is 16.2. The molecule has 0 atom stereocenters. The molecule has 120 valence electrons. The van der Waals surface area contributed by atoms with Crippen LogP contribution in [0.15, 0.2) is 68.1 Å². The maximum Gasteiger partial charge on any atom is 0.0262 e. The smallest absolute Gasteiger partial charge is 0.0262 e. The fourth-order valence-electron chi connectivity index (χ4n) is 1.47. The molecule has 3 rings (SSSR count). The lowest BCUT2D eigenvalue weighted by molar-refractivity contribution is 0.736. The largest absolute Gasteiger partial charge is 0.0877 e. The van der Waals surface area contributed by atoms with Gasteiger partial charge in [0.05, 0.1) is 0 Å². The van der Waals surface area contributed by atoms with Crippen molar-refractivity contribution >= 4 is 23.5 Å². The zero-order valence-electron chi connectivity index (χ0n) is 14.6. The Balaban J connectivity index is 0.000000257. The first-order valence-electron chi connectivity index (χ1n) is 7.94. The van der Waals surface area contributed by atoms with Crippen LogP contribution in [-0.2, 0) is 0 Å². The molecule has 0 nitrogen and oxygen atoms in total. The zero-order chi connectivity index (χ0) is 16.5. The first kappa shape index (κ1) is 19.2. The number of hydrogen-bond donors (Lipinski definition) is 0. The van der Waals surface area contributed by atoms with E-state index in [0.717, 1.165) is 11.8 Å². The van der Waals surface area contributed by atoms with Gasteiger partial charge in [0.1, 0.15) is 0 Å². The van der Waals surface area contributed by atoms with Gasteiger partial charge in [0.15, 0.2) is 0 Å². The molecule has 0 bridgehead atoms. The fraction of sp³-hybridized carbons (Fsp3) is 0.400. The molecule has 0 saturated carbocycles. The van der Waals surface area contributed by atoms with Crippen molar-refractivity contribution in [2.45, 2.75) is 61.1 Å². The number of benzene rings is 2. The maximum atomic E-state index is 2.18. The summed E-state index contributed by atoms with van der Waals surface area (Å²) in [5.41, 5.74) is 0. The molecule has 0 radical (unpaired) electrons. The van der Waals surface area contributed by atoms with E-state index in [-0.39, 0.29) is 0 Å². The average molecular weight is 333 g/mol. The molecule has 0 saturated heterocycles. The highest BCUT2D eigenvalue weighted by Gasteiger charge is 2.14. The van der Waals surface area contributed by atoms with Crippen molar-refractivity contribution in [2.24, 2.45) is 11.8 Å². The summed E-state index contributed by atoms with van der Waals surface area (Å²) < 4.78 is 0. The van der Waals surface area contributed by atoms with E-state index in [2.05, 4.69) is 90.1 Å². The van der Waals surface area contributed by atoms with Gasteiger partial charge in [0.25, 0.3) is 0 Å². The van der Waals surface area contributed by atoms with Crippen LogP contribution in [0.4, 0.5) is 0 Å². The van der Waals surface area contributed by atoms with Gasteiger partial charge >= 0.3 is 0 Å². The van der Waals surface area contributed by atoms with Gasteiger partial charge in [-0.15, -0.1) is 0 Å². The van der Waals surface area contributed by atoms with E-state index in [4.69, 9.17) is 0 Å². The highest BCUT2D eigenvalue weighted by atomic mass is 32.2. The van der Waals surface area contributed by atoms with Crippen LogP contribution in [0, 0.1) is 11.8 Å².